The molecule has 1 aliphatic rings. The summed E-state index contributed by atoms with van der Waals surface area (Å²) in [7, 11) is 0. The number of rotatable bonds is 4. The van der Waals surface area contributed by atoms with E-state index in [1.54, 1.807) is 0 Å². The van der Waals surface area contributed by atoms with Gasteiger partial charge in [-0.2, -0.15) is 0 Å². The number of guanidine groups is 1. The number of nitrogens with zero attached hydrogens (tertiary/aromatic N) is 1. The maximum Gasteiger partial charge on any atom is 0.193 e. The van der Waals surface area contributed by atoms with Crippen molar-refractivity contribution in [2.75, 3.05) is 11.9 Å². The molecule has 0 heterocycles. The molecule has 0 saturated heterocycles. The molecule has 3 nitrogen and oxygen atoms in total. The van der Waals surface area contributed by atoms with Crippen molar-refractivity contribution in [3.05, 3.63) is 30.3 Å². The summed E-state index contributed by atoms with van der Waals surface area (Å²) in [5.74, 6) is 1.43. The molecule has 0 bridgehead atoms. The molecule has 0 unspecified atom stereocenters. The molecule has 0 aromatic heterocycles. The lowest BCUT2D eigenvalue weighted by atomic mass is 10.3. The second-order valence-corrected chi connectivity index (χ2v) is 3.99. The first-order valence-corrected chi connectivity index (χ1v) is 5.46. The van der Waals surface area contributed by atoms with Gasteiger partial charge in [-0.1, -0.05) is 31.0 Å². The Morgan fingerprint density at radius 3 is 2.62 bits per heavy atom. The van der Waals surface area contributed by atoms with Gasteiger partial charge in [0.1, 0.15) is 0 Å². The Morgan fingerprint density at radius 1 is 1.31 bits per heavy atom. The van der Waals surface area contributed by atoms with Crippen LogP contribution in [0.2, 0.25) is 0 Å². The highest BCUT2D eigenvalue weighted by Gasteiger charge is 2.19. The quantitative estimate of drug-likeness (QED) is 0.506. The lowest BCUT2D eigenvalue weighted by Crippen LogP contribution is -2.22. The Kier molecular flexibility index (Phi) is 5.59. The average Bonchev–Trinajstić information content (AvgIpc) is 3.03. The van der Waals surface area contributed by atoms with E-state index in [-0.39, 0.29) is 24.0 Å². The lowest BCUT2D eigenvalue weighted by Gasteiger charge is -2.04. The van der Waals surface area contributed by atoms with Gasteiger partial charge in [0.2, 0.25) is 0 Å². The minimum atomic E-state index is 0. The van der Waals surface area contributed by atoms with Crippen LogP contribution >= 0.6 is 24.0 Å². The number of para-hydroxylation sites is 1. The zero-order chi connectivity index (χ0) is 10.5. The fourth-order valence-corrected chi connectivity index (χ4v) is 1.48. The van der Waals surface area contributed by atoms with Crippen LogP contribution < -0.4 is 11.1 Å². The molecule has 3 N–H and O–H groups in total. The summed E-state index contributed by atoms with van der Waals surface area (Å²) in [6, 6.07) is 9.87. The normalized spacial score (nSPS) is 15.4. The SMILES string of the molecule is I.NC(=NCCC1CC1)Nc1ccccc1. The van der Waals surface area contributed by atoms with Gasteiger partial charge in [-0.15, -0.1) is 24.0 Å². The predicted molar refractivity (Wildman–Crippen MR) is 79.3 cm³/mol. The van der Waals surface area contributed by atoms with Gasteiger partial charge in [0.15, 0.2) is 5.96 Å². The number of hydrogen-bond acceptors (Lipinski definition) is 1. The molecule has 0 amide bonds. The van der Waals surface area contributed by atoms with Crippen molar-refractivity contribution in [1.29, 1.82) is 0 Å². The largest absolute Gasteiger partial charge is 0.370 e. The molecule has 0 spiro atoms. The fraction of sp³-hybridized carbons (Fsp3) is 0.417. The number of benzene rings is 1. The third kappa shape index (κ3) is 4.83. The maximum absolute atomic E-state index is 5.75. The number of nitrogens with two attached hydrogens (primary N) is 1. The van der Waals surface area contributed by atoms with Crippen LogP contribution in [-0.2, 0) is 0 Å². The zero-order valence-electron chi connectivity index (χ0n) is 9.23. The summed E-state index contributed by atoms with van der Waals surface area (Å²) in [6.45, 7) is 0.844. The van der Waals surface area contributed by atoms with Crippen LogP contribution in [0.5, 0.6) is 0 Å². The maximum atomic E-state index is 5.75. The fourth-order valence-electron chi connectivity index (χ4n) is 1.48. The van der Waals surface area contributed by atoms with E-state index < -0.39 is 0 Å². The van der Waals surface area contributed by atoms with Gasteiger partial charge in [0.25, 0.3) is 0 Å². The van der Waals surface area contributed by atoms with Crippen molar-refractivity contribution in [3.8, 4) is 0 Å². The van der Waals surface area contributed by atoms with Crippen LogP contribution in [0.1, 0.15) is 19.3 Å². The van der Waals surface area contributed by atoms with Crippen molar-refractivity contribution in [1.82, 2.24) is 0 Å². The summed E-state index contributed by atoms with van der Waals surface area (Å²) in [5, 5.41) is 3.06. The van der Waals surface area contributed by atoms with Crippen LogP contribution in [-0.4, -0.2) is 12.5 Å². The Labute approximate surface area is 114 Å². The number of hydrogen-bond donors (Lipinski definition) is 2. The smallest absolute Gasteiger partial charge is 0.193 e. The molecule has 16 heavy (non-hydrogen) atoms. The van der Waals surface area contributed by atoms with Crippen LogP contribution in [0.4, 0.5) is 5.69 Å². The molecule has 0 atom stereocenters. The van der Waals surface area contributed by atoms with Gasteiger partial charge in [-0.25, -0.2) is 0 Å². The van der Waals surface area contributed by atoms with Crippen molar-refractivity contribution in [3.63, 3.8) is 0 Å². The highest BCUT2D eigenvalue weighted by atomic mass is 127. The minimum Gasteiger partial charge on any atom is -0.370 e. The van der Waals surface area contributed by atoms with Gasteiger partial charge in [0.05, 0.1) is 0 Å². The van der Waals surface area contributed by atoms with E-state index in [0.717, 1.165) is 18.2 Å². The van der Waals surface area contributed by atoms with Gasteiger partial charge in [-0.05, 0) is 24.5 Å². The summed E-state index contributed by atoms with van der Waals surface area (Å²) < 4.78 is 0. The third-order valence-electron chi connectivity index (χ3n) is 2.56. The first kappa shape index (κ1) is 13.3. The Balaban J connectivity index is 0.00000128. The third-order valence-corrected chi connectivity index (χ3v) is 2.56. The Bertz CT molecular complexity index is 333. The predicted octanol–water partition coefficient (Wildman–Crippen LogP) is 2.83. The highest BCUT2D eigenvalue weighted by Crippen LogP contribution is 2.32. The summed E-state index contributed by atoms with van der Waals surface area (Å²) >= 11 is 0. The van der Waals surface area contributed by atoms with Crippen molar-refractivity contribution >= 4 is 35.6 Å². The van der Waals surface area contributed by atoms with Crippen LogP contribution in [0.25, 0.3) is 0 Å². The highest BCUT2D eigenvalue weighted by molar-refractivity contribution is 14.0. The first-order chi connectivity index (χ1) is 7.34. The molecule has 1 aromatic rings. The molecule has 2 rings (SSSR count). The van der Waals surface area contributed by atoms with Crippen molar-refractivity contribution < 1.29 is 0 Å². The second-order valence-electron chi connectivity index (χ2n) is 3.99. The molecule has 0 radical (unpaired) electrons. The van der Waals surface area contributed by atoms with E-state index in [0.29, 0.717) is 5.96 Å². The van der Waals surface area contributed by atoms with Gasteiger partial charge in [0, 0.05) is 12.2 Å². The van der Waals surface area contributed by atoms with E-state index in [2.05, 4.69) is 10.3 Å². The standard InChI is InChI=1S/C12H17N3.HI/c13-12(14-9-8-10-6-7-10)15-11-4-2-1-3-5-11;/h1-5,10H,6-9H2,(H3,13,14,15);1H. The number of halogens is 1. The van der Waals surface area contributed by atoms with E-state index in [9.17, 15) is 0 Å². The molecule has 1 saturated carbocycles. The lowest BCUT2D eigenvalue weighted by molar-refractivity contribution is 0.739. The van der Waals surface area contributed by atoms with E-state index in [1.807, 2.05) is 30.3 Å². The molecular weight excluding hydrogens is 313 g/mol. The first-order valence-electron chi connectivity index (χ1n) is 5.46. The molecule has 1 aromatic carbocycles. The molecule has 0 aliphatic heterocycles. The Morgan fingerprint density at radius 2 is 2.00 bits per heavy atom. The molecule has 88 valence electrons. The van der Waals surface area contributed by atoms with Gasteiger partial charge < -0.3 is 11.1 Å². The van der Waals surface area contributed by atoms with Gasteiger partial charge in [-0.3, -0.25) is 4.99 Å². The van der Waals surface area contributed by atoms with E-state index in [4.69, 9.17) is 5.73 Å². The van der Waals surface area contributed by atoms with Crippen molar-refractivity contribution in [2.24, 2.45) is 16.6 Å². The second kappa shape index (κ2) is 6.73. The van der Waals surface area contributed by atoms with Crippen molar-refractivity contribution in [2.45, 2.75) is 19.3 Å². The summed E-state index contributed by atoms with van der Waals surface area (Å²) in [6.07, 6.45) is 3.93. The van der Waals surface area contributed by atoms with Gasteiger partial charge >= 0.3 is 0 Å². The monoisotopic (exact) mass is 331 g/mol. The molecular formula is C12H18IN3. The molecule has 4 heteroatoms. The van der Waals surface area contributed by atoms with Crippen LogP contribution in [0.3, 0.4) is 0 Å². The average molecular weight is 331 g/mol. The van der Waals surface area contributed by atoms with Crippen LogP contribution in [0.15, 0.2) is 35.3 Å². The number of anilines is 1. The zero-order valence-corrected chi connectivity index (χ0v) is 11.6. The van der Waals surface area contributed by atoms with E-state index in [1.165, 1.54) is 19.3 Å². The molecule has 1 aliphatic carbocycles. The summed E-state index contributed by atoms with van der Waals surface area (Å²) in [4.78, 5) is 4.28. The minimum absolute atomic E-state index is 0. The number of nitrogens with one attached hydrogen (secondary N) is 1. The Hall–Kier alpha value is -0.780. The topological polar surface area (TPSA) is 50.4 Å². The van der Waals surface area contributed by atoms with Crippen LogP contribution in [0, 0.1) is 5.92 Å². The summed E-state index contributed by atoms with van der Waals surface area (Å²) in [5.41, 5.74) is 6.74. The molecule has 1 fully saturated rings. The number of aliphatic imine (C=N–C) groups is 1. The van der Waals surface area contributed by atoms with E-state index >= 15 is 0 Å².